The molecule has 0 saturated heterocycles. The monoisotopic (exact) mass is 359 g/mol. The van der Waals surface area contributed by atoms with Crippen molar-refractivity contribution in [3.8, 4) is 0 Å². The van der Waals surface area contributed by atoms with Gasteiger partial charge in [-0.2, -0.15) is 0 Å². The van der Waals surface area contributed by atoms with E-state index in [9.17, 15) is 9.59 Å². The number of rotatable bonds is 3. The van der Waals surface area contributed by atoms with E-state index >= 15 is 0 Å². The lowest BCUT2D eigenvalue weighted by molar-refractivity contribution is -0.118. The predicted molar refractivity (Wildman–Crippen MR) is 102 cm³/mol. The molecule has 0 radical (unpaired) electrons. The van der Waals surface area contributed by atoms with E-state index in [1.165, 1.54) is 12.8 Å². The van der Waals surface area contributed by atoms with Gasteiger partial charge in [-0.05, 0) is 50.8 Å². The van der Waals surface area contributed by atoms with Gasteiger partial charge in [0.2, 0.25) is 0 Å². The Morgan fingerprint density at radius 2 is 1.88 bits per heavy atom. The summed E-state index contributed by atoms with van der Waals surface area (Å²) in [5, 5.41) is 3.96. The van der Waals surface area contributed by atoms with Crippen molar-refractivity contribution in [3.05, 3.63) is 39.9 Å². The van der Waals surface area contributed by atoms with Gasteiger partial charge in [-0.25, -0.2) is 0 Å². The fourth-order valence-corrected chi connectivity index (χ4v) is 4.24. The zero-order valence-electron chi connectivity index (χ0n) is 15.0. The molecule has 1 aromatic carbocycles. The second kappa shape index (κ2) is 7.33. The minimum absolute atomic E-state index is 0.128. The van der Waals surface area contributed by atoms with Crippen molar-refractivity contribution in [1.82, 2.24) is 5.32 Å². The Hall–Kier alpha value is -1.61. The summed E-state index contributed by atoms with van der Waals surface area (Å²) in [5.74, 6) is 0.332. The number of nitrogens with one attached hydrogen (secondary N) is 1. The van der Waals surface area contributed by atoms with Crippen molar-refractivity contribution < 1.29 is 9.59 Å². The maximum Gasteiger partial charge on any atom is 0.160 e. The summed E-state index contributed by atoms with van der Waals surface area (Å²) in [5.41, 5.74) is 3.14. The molecule has 1 N–H and O–H groups in total. The molecule has 1 aromatic rings. The van der Waals surface area contributed by atoms with Crippen molar-refractivity contribution in [2.45, 2.75) is 64.3 Å². The summed E-state index contributed by atoms with van der Waals surface area (Å²) in [6.45, 7) is 4.23. The normalized spacial score (nSPS) is 22.0. The maximum absolute atomic E-state index is 12.8. The molecule has 2 aliphatic rings. The molecule has 4 heteroatoms. The van der Waals surface area contributed by atoms with Gasteiger partial charge in [0.05, 0.1) is 5.02 Å². The van der Waals surface area contributed by atoms with Gasteiger partial charge in [0.15, 0.2) is 12.1 Å². The van der Waals surface area contributed by atoms with Gasteiger partial charge in [-0.3, -0.25) is 9.59 Å². The van der Waals surface area contributed by atoms with Crippen molar-refractivity contribution in [1.29, 1.82) is 0 Å². The quantitative estimate of drug-likeness (QED) is 0.471. The Labute approximate surface area is 154 Å². The van der Waals surface area contributed by atoms with Crippen LogP contribution in [0, 0.1) is 5.92 Å². The van der Waals surface area contributed by atoms with E-state index in [2.05, 4.69) is 19.2 Å². The topological polar surface area (TPSA) is 46.2 Å². The molecule has 25 heavy (non-hydrogen) atoms. The van der Waals surface area contributed by atoms with Crippen LogP contribution in [0.5, 0.6) is 0 Å². The third-order valence-electron chi connectivity index (χ3n) is 5.29. The second-order valence-electron chi connectivity index (χ2n) is 7.98. The standard InChI is InChI=1S/C21H26ClNO2/c1-21(2)12-15-10-18(22)16(13-24)9-17(15)19(23-21)11-20(25)14-7-5-3-4-6-8-14/h9-11,13-14,23H,3-8,12H2,1-2H3/b19-11-. The molecule has 0 bridgehead atoms. The fraction of sp³-hybridized carbons (Fsp3) is 0.524. The molecule has 1 aliphatic heterocycles. The lowest BCUT2D eigenvalue weighted by Gasteiger charge is -2.36. The summed E-state index contributed by atoms with van der Waals surface area (Å²) < 4.78 is 0. The highest BCUT2D eigenvalue weighted by Crippen LogP contribution is 2.34. The van der Waals surface area contributed by atoms with Crippen LogP contribution in [0.3, 0.4) is 0 Å². The first-order valence-corrected chi connectivity index (χ1v) is 9.59. The molecule has 1 heterocycles. The number of aldehydes is 1. The first kappa shape index (κ1) is 18.2. The zero-order chi connectivity index (χ0) is 18.0. The molecular formula is C21H26ClNO2. The van der Waals surface area contributed by atoms with Crippen molar-refractivity contribution >= 4 is 29.4 Å². The molecule has 1 saturated carbocycles. The maximum atomic E-state index is 12.8. The van der Waals surface area contributed by atoms with Crippen LogP contribution < -0.4 is 5.32 Å². The zero-order valence-corrected chi connectivity index (χ0v) is 15.8. The molecule has 0 spiro atoms. The molecule has 3 rings (SSSR count). The van der Waals surface area contributed by atoms with Gasteiger partial charge < -0.3 is 5.32 Å². The number of ketones is 1. The minimum Gasteiger partial charge on any atom is -0.379 e. The van der Waals surface area contributed by atoms with Crippen LogP contribution >= 0.6 is 11.6 Å². The Balaban J connectivity index is 1.97. The van der Waals surface area contributed by atoms with Crippen LogP contribution in [0.2, 0.25) is 5.02 Å². The van der Waals surface area contributed by atoms with Crippen LogP contribution in [-0.4, -0.2) is 17.6 Å². The average Bonchev–Trinajstić information content (AvgIpc) is 2.82. The highest BCUT2D eigenvalue weighted by Gasteiger charge is 2.29. The lowest BCUT2D eigenvalue weighted by atomic mass is 9.84. The minimum atomic E-state index is -0.158. The number of halogens is 1. The van der Waals surface area contributed by atoms with E-state index in [1.54, 1.807) is 12.1 Å². The number of carbonyl (C=O) groups excluding carboxylic acids is 2. The van der Waals surface area contributed by atoms with Gasteiger partial charge >= 0.3 is 0 Å². The largest absolute Gasteiger partial charge is 0.379 e. The van der Waals surface area contributed by atoms with Crippen LogP contribution in [0.1, 0.15) is 73.9 Å². The second-order valence-corrected chi connectivity index (χ2v) is 8.39. The molecule has 0 unspecified atom stereocenters. The number of allylic oxidation sites excluding steroid dienone is 1. The molecule has 0 atom stereocenters. The van der Waals surface area contributed by atoms with Gasteiger partial charge in [0.1, 0.15) is 0 Å². The van der Waals surface area contributed by atoms with Crippen molar-refractivity contribution in [2.24, 2.45) is 5.92 Å². The fourth-order valence-electron chi connectivity index (χ4n) is 4.01. The van der Waals surface area contributed by atoms with Gasteiger partial charge in [0.25, 0.3) is 0 Å². The number of fused-ring (bicyclic) bond motifs is 1. The van der Waals surface area contributed by atoms with E-state index in [-0.39, 0.29) is 17.2 Å². The van der Waals surface area contributed by atoms with Gasteiger partial charge in [-0.1, -0.05) is 37.3 Å². The summed E-state index contributed by atoms with van der Waals surface area (Å²) in [6.07, 6.45) is 10.0. The first-order valence-electron chi connectivity index (χ1n) is 9.21. The summed E-state index contributed by atoms with van der Waals surface area (Å²) in [4.78, 5) is 24.1. The first-order chi connectivity index (χ1) is 11.9. The highest BCUT2D eigenvalue weighted by molar-refractivity contribution is 6.33. The van der Waals surface area contributed by atoms with Crippen molar-refractivity contribution in [2.75, 3.05) is 0 Å². The van der Waals surface area contributed by atoms with Crippen molar-refractivity contribution in [3.63, 3.8) is 0 Å². The number of hydrogen-bond donors (Lipinski definition) is 1. The van der Waals surface area contributed by atoms with E-state index < -0.39 is 0 Å². The van der Waals surface area contributed by atoms with Crippen LogP contribution in [0.25, 0.3) is 5.70 Å². The van der Waals surface area contributed by atoms with Gasteiger partial charge in [-0.15, -0.1) is 0 Å². The predicted octanol–water partition coefficient (Wildman–Crippen LogP) is 4.96. The van der Waals surface area contributed by atoms with Crippen LogP contribution in [0.4, 0.5) is 0 Å². The van der Waals surface area contributed by atoms with Crippen LogP contribution in [0.15, 0.2) is 18.2 Å². The van der Waals surface area contributed by atoms with E-state index in [1.807, 2.05) is 6.07 Å². The molecule has 134 valence electrons. The number of benzene rings is 1. The van der Waals surface area contributed by atoms with Crippen LogP contribution in [-0.2, 0) is 11.2 Å². The van der Waals surface area contributed by atoms with E-state index in [0.29, 0.717) is 10.6 Å². The summed E-state index contributed by atoms with van der Waals surface area (Å²) >= 11 is 6.21. The summed E-state index contributed by atoms with van der Waals surface area (Å²) in [7, 11) is 0. The Morgan fingerprint density at radius 3 is 2.52 bits per heavy atom. The lowest BCUT2D eigenvalue weighted by Crippen LogP contribution is -2.44. The number of carbonyl (C=O) groups is 2. The third kappa shape index (κ3) is 4.14. The van der Waals surface area contributed by atoms with Gasteiger partial charge in [0, 0.05) is 34.4 Å². The molecule has 1 aliphatic carbocycles. The number of hydrogen-bond acceptors (Lipinski definition) is 3. The third-order valence-corrected chi connectivity index (χ3v) is 5.62. The molecular weight excluding hydrogens is 334 g/mol. The van der Waals surface area contributed by atoms with E-state index in [0.717, 1.165) is 55.2 Å². The molecule has 3 nitrogen and oxygen atoms in total. The Kier molecular flexibility index (Phi) is 5.33. The highest BCUT2D eigenvalue weighted by atomic mass is 35.5. The Morgan fingerprint density at radius 1 is 1.20 bits per heavy atom. The molecule has 0 aromatic heterocycles. The smallest absolute Gasteiger partial charge is 0.160 e. The summed E-state index contributed by atoms with van der Waals surface area (Å²) in [6, 6.07) is 3.67. The average molecular weight is 360 g/mol. The Bertz CT molecular complexity index is 713. The van der Waals surface area contributed by atoms with E-state index in [4.69, 9.17) is 11.6 Å². The molecule has 1 fully saturated rings. The SMILES string of the molecule is CC1(C)Cc2cc(Cl)c(C=O)cc2/C(=C/C(=O)C2CCCCCC2)N1. The molecule has 0 amide bonds.